The van der Waals surface area contributed by atoms with Crippen molar-refractivity contribution in [3.8, 4) is 0 Å². The summed E-state index contributed by atoms with van der Waals surface area (Å²) >= 11 is 0. The summed E-state index contributed by atoms with van der Waals surface area (Å²) in [5.74, 6) is 0. The molecular weight excluding hydrogens is 238 g/mol. The lowest BCUT2D eigenvalue weighted by atomic mass is 10.0. The number of nitrogens with one attached hydrogen (secondary N) is 3. The summed E-state index contributed by atoms with van der Waals surface area (Å²) < 4.78 is 0. The van der Waals surface area contributed by atoms with Crippen molar-refractivity contribution in [2.45, 2.75) is 70.1 Å². The molecule has 0 aromatic carbocycles. The van der Waals surface area contributed by atoms with E-state index in [2.05, 4.69) is 36.7 Å². The van der Waals surface area contributed by atoms with Crippen LogP contribution < -0.4 is 16.0 Å². The van der Waals surface area contributed by atoms with Gasteiger partial charge in [-0.1, -0.05) is 20.8 Å². The van der Waals surface area contributed by atoms with Crippen molar-refractivity contribution in [1.29, 1.82) is 0 Å². The normalized spacial score (nSPS) is 26.8. The van der Waals surface area contributed by atoms with Crippen LogP contribution in [0.3, 0.4) is 0 Å². The van der Waals surface area contributed by atoms with Crippen molar-refractivity contribution >= 4 is 10.2 Å². The Bertz CT molecular complexity index is 227. The second-order valence-corrected chi connectivity index (χ2v) is 7.58. The highest BCUT2D eigenvalue weighted by Gasteiger charge is 2.50. The largest absolute Gasteiger partial charge is 0.312 e. The van der Waals surface area contributed by atoms with E-state index in [1.165, 1.54) is 48.8 Å². The molecule has 3 nitrogen and oxygen atoms in total. The summed E-state index contributed by atoms with van der Waals surface area (Å²) in [4.78, 5) is 0. The highest BCUT2D eigenvalue weighted by Crippen LogP contribution is 2.35. The molecule has 0 aromatic rings. The van der Waals surface area contributed by atoms with E-state index < -0.39 is 0 Å². The van der Waals surface area contributed by atoms with Crippen LogP contribution in [0.1, 0.15) is 59.3 Å². The van der Waals surface area contributed by atoms with Gasteiger partial charge in [0.25, 0.3) is 0 Å². The van der Waals surface area contributed by atoms with Crippen LogP contribution in [0.5, 0.6) is 0 Å². The topological polar surface area (TPSA) is 36.1 Å². The van der Waals surface area contributed by atoms with Gasteiger partial charge >= 0.3 is 0 Å². The van der Waals surface area contributed by atoms with Crippen LogP contribution in [0.25, 0.3) is 0 Å². The van der Waals surface area contributed by atoms with Gasteiger partial charge in [0.1, 0.15) is 0 Å². The van der Waals surface area contributed by atoms with Crippen LogP contribution in [-0.2, 0) is 0 Å². The third-order valence-electron chi connectivity index (χ3n) is 4.29. The Morgan fingerprint density at radius 2 is 1.33 bits per heavy atom. The smallest absolute Gasteiger partial charge is 0.0835 e. The van der Waals surface area contributed by atoms with E-state index in [0.717, 1.165) is 19.6 Å². The number of hydrogen-bond acceptors (Lipinski definition) is 3. The van der Waals surface area contributed by atoms with Crippen molar-refractivity contribution < 1.29 is 0 Å². The zero-order valence-electron chi connectivity index (χ0n) is 12.9. The zero-order valence-corrected chi connectivity index (χ0v) is 14.9. The first-order valence-electron chi connectivity index (χ1n) is 7.89. The summed E-state index contributed by atoms with van der Waals surface area (Å²) in [5, 5.41) is 11.9. The van der Waals surface area contributed by atoms with E-state index in [1.807, 2.05) is 0 Å². The van der Waals surface area contributed by atoms with E-state index in [4.69, 9.17) is 0 Å². The Morgan fingerprint density at radius 3 is 1.83 bits per heavy atom. The van der Waals surface area contributed by atoms with Crippen molar-refractivity contribution in [2.24, 2.45) is 0 Å². The summed E-state index contributed by atoms with van der Waals surface area (Å²) in [7, 11) is 1.20. The van der Waals surface area contributed by atoms with Crippen LogP contribution in [0.15, 0.2) is 0 Å². The fraction of sp³-hybridized carbons (Fsp3) is 1.00. The fourth-order valence-corrected chi connectivity index (χ4v) is 4.35. The van der Waals surface area contributed by atoms with Crippen molar-refractivity contribution in [3.05, 3.63) is 0 Å². The molecule has 1 aliphatic rings. The van der Waals surface area contributed by atoms with Crippen LogP contribution in [0.2, 0.25) is 0 Å². The SMILES string of the molecule is CCCNC1([SiH3])CCCC1(NCCC)NCCC. The Hall–Kier alpha value is 0.0969. The first-order valence-corrected chi connectivity index (χ1v) is 8.89. The summed E-state index contributed by atoms with van der Waals surface area (Å²) in [6.45, 7) is 10.1. The average Bonchev–Trinajstić information content (AvgIpc) is 2.70. The van der Waals surface area contributed by atoms with Crippen molar-refractivity contribution in [3.63, 3.8) is 0 Å². The monoisotopic (exact) mass is 271 g/mol. The van der Waals surface area contributed by atoms with Crippen LogP contribution in [-0.4, -0.2) is 40.7 Å². The highest BCUT2D eigenvalue weighted by molar-refractivity contribution is 6.16. The molecule has 1 saturated carbocycles. The molecule has 0 aliphatic heterocycles. The van der Waals surface area contributed by atoms with Gasteiger partial charge in [-0.3, -0.25) is 10.6 Å². The first kappa shape index (κ1) is 16.2. The molecule has 1 unspecified atom stereocenters. The molecule has 0 heterocycles. The van der Waals surface area contributed by atoms with Gasteiger partial charge in [0.15, 0.2) is 0 Å². The summed E-state index contributed by atoms with van der Waals surface area (Å²) in [5.41, 5.74) is 0.153. The molecule has 108 valence electrons. The van der Waals surface area contributed by atoms with E-state index in [0.29, 0.717) is 5.16 Å². The molecule has 1 rings (SSSR count). The molecule has 4 heteroatoms. The molecule has 18 heavy (non-hydrogen) atoms. The van der Waals surface area contributed by atoms with Gasteiger partial charge in [0.2, 0.25) is 0 Å². The van der Waals surface area contributed by atoms with E-state index in [-0.39, 0.29) is 5.66 Å². The van der Waals surface area contributed by atoms with Crippen molar-refractivity contribution in [1.82, 2.24) is 16.0 Å². The van der Waals surface area contributed by atoms with E-state index in [9.17, 15) is 0 Å². The predicted molar refractivity (Wildman–Crippen MR) is 84.1 cm³/mol. The minimum atomic E-state index is 0.153. The fourth-order valence-electron chi connectivity index (χ4n) is 3.14. The minimum Gasteiger partial charge on any atom is -0.312 e. The van der Waals surface area contributed by atoms with Gasteiger partial charge in [0.05, 0.1) is 5.66 Å². The molecule has 0 spiro atoms. The molecule has 0 bridgehead atoms. The molecule has 3 N–H and O–H groups in total. The standard InChI is InChI=1S/C14H33N3Si/c1-4-10-15-13(16-11-5-2)8-7-9-14(13,18)17-12-6-3/h15-17H,4-12H2,1-3,18H3. The van der Waals surface area contributed by atoms with E-state index >= 15 is 0 Å². The predicted octanol–water partition coefficient (Wildman–Crippen LogP) is 0.927. The second kappa shape index (κ2) is 7.63. The maximum Gasteiger partial charge on any atom is 0.0835 e. The molecule has 0 radical (unpaired) electrons. The molecular formula is C14H33N3Si. The van der Waals surface area contributed by atoms with E-state index in [1.54, 1.807) is 0 Å². The maximum absolute atomic E-state index is 3.85. The highest BCUT2D eigenvalue weighted by atomic mass is 28.1. The summed E-state index contributed by atoms with van der Waals surface area (Å²) in [6, 6.07) is 0. The molecule has 0 amide bonds. The zero-order chi connectivity index (χ0) is 13.5. The van der Waals surface area contributed by atoms with Gasteiger partial charge < -0.3 is 5.32 Å². The minimum absolute atomic E-state index is 0.153. The molecule has 1 fully saturated rings. The van der Waals surface area contributed by atoms with Gasteiger partial charge in [0, 0.05) is 15.4 Å². The lowest BCUT2D eigenvalue weighted by Gasteiger charge is -2.46. The molecule has 0 aromatic heterocycles. The van der Waals surface area contributed by atoms with Gasteiger partial charge in [-0.15, -0.1) is 0 Å². The lowest BCUT2D eigenvalue weighted by Crippen LogP contribution is -2.73. The van der Waals surface area contributed by atoms with Gasteiger partial charge in [-0.2, -0.15) is 0 Å². The number of hydrogen-bond donors (Lipinski definition) is 3. The van der Waals surface area contributed by atoms with Crippen LogP contribution >= 0.6 is 0 Å². The maximum atomic E-state index is 3.85. The van der Waals surface area contributed by atoms with Crippen molar-refractivity contribution in [2.75, 3.05) is 19.6 Å². The van der Waals surface area contributed by atoms with Gasteiger partial charge in [-0.25, -0.2) is 0 Å². The third kappa shape index (κ3) is 3.56. The molecule has 0 saturated heterocycles. The Labute approximate surface area is 116 Å². The quantitative estimate of drug-likeness (QED) is 0.431. The average molecular weight is 272 g/mol. The first-order chi connectivity index (χ1) is 8.64. The molecule has 1 aliphatic carbocycles. The lowest BCUT2D eigenvalue weighted by molar-refractivity contribution is 0.182. The number of rotatable bonds is 9. The summed E-state index contributed by atoms with van der Waals surface area (Å²) in [6.07, 6.45) is 7.58. The Balaban J connectivity index is 2.76. The Morgan fingerprint density at radius 1 is 0.833 bits per heavy atom. The Kier molecular flexibility index (Phi) is 6.85. The third-order valence-corrected chi connectivity index (χ3v) is 6.00. The van der Waals surface area contributed by atoms with Crippen LogP contribution in [0.4, 0.5) is 0 Å². The van der Waals surface area contributed by atoms with Crippen LogP contribution in [0, 0.1) is 0 Å². The van der Waals surface area contributed by atoms with Gasteiger partial charge in [-0.05, 0) is 58.2 Å². The second-order valence-electron chi connectivity index (χ2n) is 5.87. The molecule has 1 atom stereocenters.